The first-order chi connectivity index (χ1) is 13.1. The molecule has 0 amide bonds. The van der Waals surface area contributed by atoms with Crippen molar-refractivity contribution in [2.24, 2.45) is 0 Å². The fourth-order valence-electron chi connectivity index (χ4n) is 3.91. The summed E-state index contributed by atoms with van der Waals surface area (Å²) in [6.07, 6.45) is 4.93. The number of hydrogen-bond acceptors (Lipinski definition) is 4. The van der Waals surface area contributed by atoms with Crippen LogP contribution < -0.4 is 0 Å². The Balaban J connectivity index is 1.56. The molecule has 0 aliphatic carbocycles. The predicted octanol–water partition coefficient (Wildman–Crippen LogP) is 5.01. The molecular weight excluding hydrogens is 424 g/mol. The van der Waals surface area contributed by atoms with Crippen molar-refractivity contribution in [3.05, 3.63) is 68.7 Å². The summed E-state index contributed by atoms with van der Waals surface area (Å²) in [6.45, 7) is 1.54. The molecule has 2 aliphatic rings. The Kier molecular flexibility index (Phi) is 6.25. The van der Waals surface area contributed by atoms with Crippen molar-refractivity contribution in [2.45, 2.75) is 49.9 Å². The molecule has 2 aromatic rings. The van der Waals surface area contributed by atoms with Gasteiger partial charge in [-0.25, -0.2) is 0 Å². The van der Waals surface area contributed by atoms with Crippen LogP contribution in [0, 0.1) is 0 Å². The van der Waals surface area contributed by atoms with Crippen molar-refractivity contribution in [1.82, 2.24) is 0 Å². The van der Waals surface area contributed by atoms with E-state index in [1.165, 1.54) is 22.3 Å². The second-order valence-electron chi connectivity index (χ2n) is 7.35. The molecule has 5 heteroatoms. The first-order valence-electron chi connectivity index (χ1n) is 9.45. The van der Waals surface area contributed by atoms with Gasteiger partial charge in [-0.1, -0.05) is 46.3 Å². The minimum atomic E-state index is -0.297. The number of benzene rings is 2. The third-order valence-electron chi connectivity index (χ3n) is 5.41. The van der Waals surface area contributed by atoms with Crippen LogP contribution in [0.2, 0.25) is 0 Å². The highest BCUT2D eigenvalue weighted by atomic mass is 79.9. The number of halogens is 1. The molecule has 144 valence electrons. The lowest BCUT2D eigenvalue weighted by Crippen LogP contribution is -2.29. The highest BCUT2D eigenvalue weighted by molar-refractivity contribution is 9.10. The van der Waals surface area contributed by atoms with Gasteiger partial charge in [0.05, 0.1) is 25.4 Å². The van der Waals surface area contributed by atoms with Gasteiger partial charge in [-0.15, -0.1) is 11.8 Å². The summed E-state index contributed by atoms with van der Waals surface area (Å²) in [5.41, 5.74) is 6.47. The molecule has 2 aromatic carbocycles. The molecule has 0 saturated carbocycles. The topological polar surface area (TPSA) is 38.7 Å². The fourth-order valence-corrected chi connectivity index (χ4v) is 4.95. The van der Waals surface area contributed by atoms with Gasteiger partial charge < -0.3 is 14.6 Å². The number of aliphatic hydroxyl groups excluding tert-OH is 1. The number of ether oxygens (including phenoxy) is 2. The second-order valence-corrected chi connectivity index (χ2v) is 9.20. The molecule has 3 atom stereocenters. The van der Waals surface area contributed by atoms with Crippen LogP contribution in [0.1, 0.15) is 46.8 Å². The molecule has 0 radical (unpaired) electrons. The average molecular weight is 449 g/mol. The Morgan fingerprint density at radius 2 is 2.04 bits per heavy atom. The summed E-state index contributed by atoms with van der Waals surface area (Å²) >= 11 is 5.37. The van der Waals surface area contributed by atoms with Crippen LogP contribution in [0.15, 0.2) is 40.9 Å². The molecule has 1 N–H and O–H groups in total. The van der Waals surface area contributed by atoms with E-state index in [1.54, 1.807) is 11.8 Å². The summed E-state index contributed by atoms with van der Waals surface area (Å²) < 4.78 is 12.9. The first-order valence-corrected chi connectivity index (χ1v) is 11.5. The third-order valence-corrected chi connectivity index (χ3v) is 7.01. The van der Waals surface area contributed by atoms with Crippen molar-refractivity contribution in [1.29, 1.82) is 0 Å². The van der Waals surface area contributed by atoms with Crippen molar-refractivity contribution < 1.29 is 14.6 Å². The van der Waals surface area contributed by atoms with E-state index in [0.717, 1.165) is 29.5 Å². The second kappa shape index (κ2) is 8.66. The summed E-state index contributed by atoms with van der Waals surface area (Å²) in [5.74, 6) is 0. The smallest absolute Gasteiger partial charge is 0.106 e. The van der Waals surface area contributed by atoms with E-state index in [-0.39, 0.29) is 17.6 Å². The zero-order valence-electron chi connectivity index (χ0n) is 15.5. The zero-order chi connectivity index (χ0) is 18.8. The van der Waals surface area contributed by atoms with E-state index < -0.39 is 0 Å². The Hall–Kier alpha value is -0.850. The Morgan fingerprint density at radius 3 is 2.89 bits per heavy atom. The Labute approximate surface area is 173 Å². The number of thioether (sulfide) groups is 1. The maximum atomic E-state index is 10.2. The summed E-state index contributed by atoms with van der Waals surface area (Å²) in [7, 11) is 0. The van der Waals surface area contributed by atoms with Crippen LogP contribution in [0.3, 0.4) is 0 Å². The largest absolute Gasteiger partial charge is 0.393 e. The highest BCUT2D eigenvalue weighted by Crippen LogP contribution is 2.36. The van der Waals surface area contributed by atoms with Crippen LogP contribution >= 0.6 is 27.7 Å². The van der Waals surface area contributed by atoms with Crippen LogP contribution in [0.4, 0.5) is 0 Å². The van der Waals surface area contributed by atoms with Gasteiger partial charge in [0.15, 0.2) is 0 Å². The number of fused-ring (bicyclic) bond motifs is 1. The van der Waals surface area contributed by atoms with E-state index >= 15 is 0 Å². The van der Waals surface area contributed by atoms with Crippen molar-refractivity contribution in [3.63, 3.8) is 0 Å². The average Bonchev–Trinajstić information content (AvgIpc) is 2.69. The van der Waals surface area contributed by atoms with Gasteiger partial charge >= 0.3 is 0 Å². The van der Waals surface area contributed by atoms with Gasteiger partial charge in [-0.3, -0.25) is 0 Å². The molecule has 3 unspecified atom stereocenters. The minimum absolute atomic E-state index is 0.0463. The predicted molar refractivity (Wildman–Crippen MR) is 113 cm³/mol. The van der Waals surface area contributed by atoms with Gasteiger partial charge in [-0.2, -0.15) is 0 Å². The molecule has 0 bridgehead atoms. The molecular formula is C22H25BrO3S. The minimum Gasteiger partial charge on any atom is -0.393 e. The SMILES string of the molecule is CSC1CC(O)CC(c2ccc(Br)c(Cc3ccc4c(c3)COCC4)c2)O1. The van der Waals surface area contributed by atoms with E-state index in [1.807, 2.05) is 6.26 Å². The molecule has 0 aromatic heterocycles. The van der Waals surface area contributed by atoms with E-state index in [2.05, 4.69) is 52.3 Å². The summed E-state index contributed by atoms with van der Waals surface area (Å²) in [6, 6.07) is 13.2. The molecule has 27 heavy (non-hydrogen) atoms. The molecule has 4 rings (SSSR count). The monoisotopic (exact) mass is 448 g/mol. The van der Waals surface area contributed by atoms with Gasteiger partial charge in [0.25, 0.3) is 0 Å². The molecule has 1 fully saturated rings. The van der Waals surface area contributed by atoms with Gasteiger partial charge in [0.2, 0.25) is 0 Å². The quantitative estimate of drug-likeness (QED) is 0.712. The zero-order valence-corrected chi connectivity index (χ0v) is 17.9. The molecule has 0 spiro atoms. The van der Waals surface area contributed by atoms with Crippen LogP contribution in [0.5, 0.6) is 0 Å². The third kappa shape index (κ3) is 4.60. The maximum absolute atomic E-state index is 10.2. The van der Waals surface area contributed by atoms with Crippen LogP contribution in [-0.4, -0.2) is 29.5 Å². The summed E-state index contributed by atoms with van der Waals surface area (Å²) in [4.78, 5) is 0. The standard InChI is InChI=1S/C22H25BrO3S/c1-27-22-12-19(24)11-21(26-22)16-4-5-20(23)17(10-16)8-14-2-3-15-6-7-25-13-18(15)9-14/h2-5,9-10,19,21-22,24H,6-8,11-13H2,1H3. The number of hydrogen-bond donors (Lipinski definition) is 1. The molecule has 2 heterocycles. The maximum Gasteiger partial charge on any atom is 0.106 e. The van der Waals surface area contributed by atoms with Gasteiger partial charge in [-0.05, 0) is 53.0 Å². The Bertz CT molecular complexity index is 810. The van der Waals surface area contributed by atoms with E-state index in [4.69, 9.17) is 9.47 Å². The lowest BCUT2D eigenvalue weighted by Gasteiger charge is -2.32. The number of rotatable bonds is 4. The van der Waals surface area contributed by atoms with Crippen molar-refractivity contribution >= 4 is 27.7 Å². The van der Waals surface area contributed by atoms with Crippen molar-refractivity contribution in [2.75, 3.05) is 12.9 Å². The Morgan fingerprint density at radius 1 is 1.15 bits per heavy atom. The lowest BCUT2D eigenvalue weighted by molar-refractivity contribution is -0.0605. The van der Waals surface area contributed by atoms with Crippen LogP contribution in [-0.2, 0) is 28.9 Å². The lowest BCUT2D eigenvalue weighted by atomic mass is 9.94. The summed E-state index contributed by atoms with van der Waals surface area (Å²) in [5, 5.41) is 10.2. The van der Waals surface area contributed by atoms with E-state index in [9.17, 15) is 5.11 Å². The first kappa shape index (κ1) is 19.5. The molecule has 3 nitrogen and oxygen atoms in total. The normalized spacial score (nSPS) is 25.2. The van der Waals surface area contributed by atoms with E-state index in [0.29, 0.717) is 19.4 Å². The number of aliphatic hydroxyl groups is 1. The van der Waals surface area contributed by atoms with Crippen LogP contribution in [0.25, 0.3) is 0 Å². The van der Waals surface area contributed by atoms with Gasteiger partial charge in [0.1, 0.15) is 5.44 Å². The fraction of sp³-hybridized carbons (Fsp3) is 0.455. The van der Waals surface area contributed by atoms with Gasteiger partial charge in [0, 0.05) is 17.3 Å². The molecule has 1 saturated heterocycles. The molecule has 2 aliphatic heterocycles. The highest BCUT2D eigenvalue weighted by Gasteiger charge is 2.29. The van der Waals surface area contributed by atoms with Crippen molar-refractivity contribution in [3.8, 4) is 0 Å².